The third-order valence-corrected chi connectivity index (χ3v) is 2.58. The molecular weight excluding hydrogens is 280 g/mol. The first-order valence-electron chi connectivity index (χ1n) is 6.37. The van der Waals surface area contributed by atoms with Gasteiger partial charge >= 0.3 is 5.97 Å². The Bertz CT molecular complexity index is 543. The number of rotatable bonds is 8. The van der Waals surface area contributed by atoms with Gasteiger partial charge in [0.1, 0.15) is 5.75 Å². The standard InChI is InChI=1S/C13H16N2O6/c1-2-21-10-6-3-5-9(15(19)20)12(10)13(18)14-8-4-7-11(16)17/h3,5-6H,2,4,7-8H2,1H3,(H,14,18)(H,16,17). The largest absolute Gasteiger partial charge is 0.493 e. The highest BCUT2D eigenvalue weighted by Crippen LogP contribution is 2.28. The van der Waals surface area contributed by atoms with Gasteiger partial charge in [0, 0.05) is 19.0 Å². The number of hydrogen-bond acceptors (Lipinski definition) is 5. The summed E-state index contributed by atoms with van der Waals surface area (Å²) in [5.74, 6) is -1.50. The summed E-state index contributed by atoms with van der Waals surface area (Å²) in [4.78, 5) is 32.8. The van der Waals surface area contributed by atoms with Gasteiger partial charge < -0.3 is 15.2 Å². The zero-order chi connectivity index (χ0) is 15.8. The maximum absolute atomic E-state index is 12.1. The van der Waals surface area contributed by atoms with E-state index in [1.807, 2.05) is 0 Å². The van der Waals surface area contributed by atoms with E-state index in [9.17, 15) is 19.7 Å². The number of amides is 1. The van der Waals surface area contributed by atoms with Crippen LogP contribution in [0.5, 0.6) is 5.75 Å². The summed E-state index contributed by atoms with van der Waals surface area (Å²) >= 11 is 0. The molecule has 2 N–H and O–H groups in total. The van der Waals surface area contributed by atoms with Gasteiger partial charge in [0.15, 0.2) is 5.56 Å². The summed E-state index contributed by atoms with van der Waals surface area (Å²) in [6.45, 7) is 2.08. The molecule has 1 rings (SSSR count). The molecule has 0 heterocycles. The Morgan fingerprint density at radius 1 is 1.43 bits per heavy atom. The van der Waals surface area contributed by atoms with Gasteiger partial charge in [-0.2, -0.15) is 0 Å². The molecule has 8 nitrogen and oxygen atoms in total. The van der Waals surface area contributed by atoms with Crippen LogP contribution in [0.3, 0.4) is 0 Å². The van der Waals surface area contributed by atoms with Crippen molar-refractivity contribution in [1.82, 2.24) is 5.32 Å². The van der Waals surface area contributed by atoms with Crippen LogP contribution in [0, 0.1) is 10.1 Å². The van der Waals surface area contributed by atoms with Crippen LogP contribution in [0.1, 0.15) is 30.1 Å². The molecule has 114 valence electrons. The molecule has 0 spiro atoms. The molecule has 0 atom stereocenters. The number of nitro groups is 1. The van der Waals surface area contributed by atoms with Crippen molar-refractivity contribution < 1.29 is 24.4 Å². The first kappa shape index (κ1) is 16.4. The summed E-state index contributed by atoms with van der Waals surface area (Å²) in [5.41, 5.74) is -0.503. The number of nitrogens with one attached hydrogen (secondary N) is 1. The van der Waals surface area contributed by atoms with Crippen LogP contribution in [0.4, 0.5) is 5.69 Å². The van der Waals surface area contributed by atoms with Crippen LogP contribution < -0.4 is 10.1 Å². The maximum atomic E-state index is 12.1. The van der Waals surface area contributed by atoms with Gasteiger partial charge in [-0.25, -0.2) is 0 Å². The summed E-state index contributed by atoms with van der Waals surface area (Å²) in [5, 5.41) is 22.0. The van der Waals surface area contributed by atoms with E-state index in [4.69, 9.17) is 9.84 Å². The van der Waals surface area contributed by atoms with E-state index in [0.717, 1.165) is 0 Å². The lowest BCUT2D eigenvalue weighted by molar-refractivity contribution is -0.385. The van der Waals surface area contributed by atoms with Gasteiger partial charge in [0.25, 0.3) is 11.6 Å². The fraction of sp³-hybridized carbons (Fsp3) is 0.385. The minimum absolute atomic E-state index is 0.0878. The van der Waals surface area contributed by atoms with Crippen molar-refractivity contribution in [1.29, 1.82) is 0 Å². The highest BCUT2D eigenvalue weighted by molar-refractivity contribution is 6.00. The number of benzene rings is 1. The highest BCUT2D eigenvalue weighted by Gasteiger charge is 2.24. The first-order valence-corrected chi connectivity index (χ1v) is 6.37. The maximum Gasteiger partial charge on any atom is 0.303 e. The predicted molar refractivity (Wildman–Crippen MR) is 73.5 cm³/mol. The lowest BCUT2D eigenvalue weighted by Crippen LogP contribution is -2.26. The van der Waals surface area contributed by atoms with E-state index in [1.54, 1.807) is 6.92 Å². The van der Waals surface area contributed by atoms with Crippen molar-refractivity contribution in [3.05, 3.63) is 33.9 Å². The van der Waals surface area contributed by atoms with Gasteiger partial charge in [-0.1, -0.05) is 6.07 Å². The van der Waals surface area contributed by atoms with E-state index in [1.165, 1.54) is 18.2 Å². The summed E-state index contributed by atoms with van der Waals surface area (Å²) < 4.78 is 5.23. The van der Waals surface area contributed by atoms with Crippen LogP contribution in [0.15, 0.2) is 18.2 Å². The Hall–Kier alpha value is -2.64. The molecule has 21 heavy (non-hydrogen) atoms. The minimum atomic E-state index is -0.968. The monoisotopic (exact) mass is 296 g/mol. The van der Waals surface area contributed by atoms with Crippen molar-refractivity contribution in [2.75, 3.05) is 13.2 Å². The zero-order valence-electron chi connectivity index (χ0n) is 11.5. The minimum Gasteiger partial charge on any atom is -0.493 e. The Morgan fingerprint density at radius 3 is 2.71 bits per heavy atom. The molecule has 0 fully saturated rings. The molecule has 8 heteroatoms. The average molecular weight is 296 g/mol. The SMILES string of the molecule is CCOc1cccc([N+](=O)[O-])c1C(=O)NCCCC(=O)O. The van der Waals surface area contributed by atoms with Gasteiger partial charge in [-0.05, 0) is 19.4 Å². The topological polar surface area (TPSA) is 119 Å². The summed E-state index contributed by atoms with van der Waals surface area (Å²) in [6, 6.07) is 4.13. The van der Waals surface area contributed by atoms with Gasteiger partial charge in [0.2, 0.25) is 0 Å². The number of nitro benzene ring substituents is 1. The number of carbonyl (C=O) groups is 2. The number of ether oxygens (including phenoxy) is 1. The van der Waals surface area contributed by atoms with Crippen LogP contribution in [0.2, 0.25) is 0 Å². The first-order chi connectivity index (χ1) is 9.97. The smallest absolute Gasteiger partial charge is 0.303 e. The summed E-state index contributed by atoms with van der Waals surface area (Å²) in [6.07, 6.45) is 0.154. The molecule has 0 aromatic heterocycles. The van der Waals surface area contributed by atoms with Gasteiger partial charge in [0.05, 0.1) is 11.5 Å². The van der Waals surface area contributed by atoms with Crippen LogP contribution in [-0.4, -0.2) is 35.1 Å². The second-order valence-electron chi connectivity index (χ2n) is 4.09. The molecule has 0 aliphatic carbocycles. The Balaban J connectivity index is 2.89. The fourth-order valence-corrected chi connectivity index (χ4v) is 1.71. The van der Waals surface area contributed by atoms with E-state index < -0.39 is 16.8 Å². The number of nitrogens with zero attached hydrogens (tertiary/aromatic N) is 1. The van der Waals surface area contributed by atoms with E-state index in [-0.39, 0.29) is 43.0 Å². The normalized spacial score (nSPS) is 9.95. The molecule has 0 saturated carbocycles. The molecule has 1 amide bonds. The second-order valence-corrected chi connectivity index (χ2v) is 4.09. The fourth-order valence-electron chi connectivity index (χ4n) is 1.71. The number of carboxylic acid groups (broad SMARTS) is 1. The highest BCUT2D eigenvalue weighted by atomic mass is 16.6. The van der Waals surface area contributed by atoms with Crippen molar-refractivity contribution in [3.63, 3.8) is 0 Å². The van der Waals surface area contributed by atoms with Gasteiger partial charge in [-0.15, -0.1) is 0 Å². The zero-order valence-corrected chi connectivity index (χ0v) is 11.5. The quantitative estimate of drug-likeness (QED) is 0.427. The molecular formula is C13H16N2O6. The number of hydrogen-bond donors (Lipinski definition) is 2. The molecule has 0 radical (unpaired) electrons. The van der Waals surface area contributed by atoms with Crippen molar-refractivity contribution >= 4 is 17.6 Å². The predicted octanol–water partition coefficient (Wildman–Crippen LogP) is 1.59. The lowest BCUT2D eigenvalue weighted by Gasteiger charge is -2.10. The van der Waals surface area contributed by atoms with Gasteiger partial charge in [-0.3, -0.25) is 19.7 Å². The molecule has 0 aliphatic rings. The van der Waals surface area contributed by atoms with Crippen LogP contribution in [0.25, 0.3) is 0 Å². The van der Waals surface area contributed by atoms with Crippen LogP contribution >= 0.6 is 0 Å². The van der Waals surface area contributed by atoms with E-state index in [0.29, 0.717) is 0 Å². The molecule has 0 aliphatic heterocycles. The average Bonchev–Trinajstić information content (AvgIpc) is 2.43. The third kappa shape index (κ3) is 4.75. The third-order valence-electron chi connectivity index (χ3n) is 2.58. The number of carboxylic acids is 1. The van der Waals surface area contributed by atoms with Crippen molar-refractivity contribution in [2.45, 2.75) is 19.8 Å². The Kier molecular flexibility index (Phi) is 6.12. The second kappa shape index (κ2) is 7.83. The van der Waals surface area contributed by atoms with Crippen LogP contribution in [-0.2, 0) is 4.79 Å². The molecule has 0 unspecified atom stereocenters. The number of carbonyl (C=O) groups excluding carboxylic acids is 1. The molecule has 1 aromatic carbocycles. The molecule has 0 saturated heterocycles. The lowest BCUT2D eigenvalue weighted by atomic mass is 10.1. The van der Waals surface area contributed by atoms with E-state index >= 15 is 0 Å². The Labute approximate surface area is 120 Å². The number of aliphatic carboxylic acids is 1. The van der Waals surface area contributed by atoms with Crippen molar-refractivity contribution in [2.24, 2.45) is 0 Å². The summed E-state index contributed by atoms with van der Waals surface area (Å²) in [7, 11) is 0. The molecule has 1 aromatic rings. The molecule has 0 bridgehead atoms. The van der Waals surface area contributed by atoms with Crippen molar-refractivity contribution in [3.8, 4) is 5.75 Å². The van der Waals surface area contributed by atoms with E-state index in [2.05, 4.69) is 5.32 Å². The Morgan fingerprint density at radius 2 is 2.14 bits per heavy atom.